The number of carbonyl (C=O) groups is 2. The zero-order chi connectivity index (χ0) is 15.6. The van der Waals surface area contributed by atoms with Crippen LogP contribution in [0.15, 0.2) is 12.7 Å². The van der Waals surface area contributed by atoms with Crippen molar-refractivity contribution < 1.29 is 30.2 Å². The van der Waals surface area contributed by atoms with Crippen molar-refractivity contribution in [2.24, 2.45) is 0 Å². The van der Waals surface area contributed by atoms with E-state index < -0.39 is 45.2 Å². The highest BCUT2D eigenvalue weighted by molar-refractivity contribution is 8.50. The monoisotopic (exact) mass is 307 g/mol. The lowest BCUT2D eigenvalue weighted by Crippen LogP contribution is -2.54. The van der Waals surface area contributed by atoms with Crippen LogP contribution >= 0.6 is 9.84 Å². The number of amides is 1. The molecule has 0 saturated heterocycles. The van der Waals surface area contributed by atoms with Crippen LogP contribution in [0.5, 0.6) is 0 Å². The van der Waals surface area contributed by atoms with Gasteiger partial charge in [0.25, 0.3) is 0 Å². The van der Waals surface area contributed by atoms with Gasteiger partial charge in [0.1, 0.15) is 4.87 Å². The summed E-state index contributed by atoms with van der Waals surface area (Å²) in [6.45, 7) is 4.01. The maximum Gasteiger partial charge on any atom is 0.303 e. The van der Waals surface area contributed by atoms with Gasteiger partial charge in [0.2, 0.25) is 5.91 Å². The summed E-state index contributed by atoms with van der Waals surface area (Å²) in [7, 11) is -8.65. The second-order valence-corrected chi connectivity index (χ2v) is 8.55. The van der Waals surface area contributed by atoms with E-state index in [2.05, 4.69) is 6.58 Å². The van der Waals surface area contributed by atoms with Crippen molar-refractivity contribution in [3.63, 3.8) is 0 Å². The third-order valence-corrected chi connectivity index (χ3v) is 6.16. The van der Waals surface area contributed by atoms with Gasteiger partial charge in [0.05, 0.1) is 5.75 Å². The molecule has 4 nitrogen and oxygen atoms in total. The standard InChI is InChI=1S/C10H17F4NO3S/c1-4-8(16)15-10(2,3)19(11,12,13,14)7-5-6-9(17)18/h4H,1,5-7H2,2-3H3,(H,15,16)(H,17,18). The molecule has 0 aromatic carbocycles. The van der Waals surface area contributed by atoms with Crippen LogP contribution in [-0.2, 0) is 9.59 Å². The molecule has 0 fully saturated rings. The number of hydrogen-bond acceptors (Lipinski definition) is 2. The minimum atomic E-state index is -8.65. The molecule has 0 aromatic heterocycles. The highest BCUT2D eigenvalue weighted by Crippen LogP contribution is 3.01. The third kappa shape index (κ3) is 4.12. The molecule has 19 heavy (non-hydrogen) atoms. The highest BCUT2D eigenvalue weighted by atomic mass is 32.5. The second-order valence-electron chi connectivity index (χ2n) is 4.64. The first-order chi connectivity index (χ1) is 8.14. The van der Waals surface area contributed by atoms with E-state index in [-0.39, 0.29) is 0 Å². The minimum absolute atomic E-state index is 0.511. The van der Waals surface area contributed by atoms with Crippen molar-refractivity contribution in [1.29, 1.82) is 0 Å². The van der Waals surface area contributed by atoms with Crippen molar-refractivity contribution >= 4 is 21.7 Å². The molecule has 0 aromatic rings. The van der Waals surface area contributed by atoms with Crippen LogP contribution in [0.2, 0.25) is 0 Å². The van der Waals surface area contributed by atoms with E-state index in [4.69, 9.17) is 5.11 Å². The normalized spacial score (nSPS) is 16.1. The molecule has 0 spiro atoms. The van der Waals surface area contributed by atoms with Crippen molar-refractivity contribution in [2.45, 2.75) is 31.6 Å². The van der Waals surface area contributed by atoms with Gasteiger partial charge >= 0.3 is 5.97 Å². The topological polar surface area (TPSA) is 66.4 Å². The SMILES string of the molecule is C=CC(=O)NC(C)(C)S(F)(F)(F)(F)CCCC(=O)O. The van der Waals surface area contributed by atoms with Crippen LogP contribution in [0.3, 0.4) is 0 Å². The molecule has 0 aliphatic heterocycles. The summed E-state index contributed by atoms with van der Waals surface area (Å²) in [6.07, 6.45) is -1.08. The fourth-order valence-corrected chi connectivity index (χ4v) is 2.79. The van der Waals surface area contributed by atoms with Gasteiger partial charge in [-0.1, -0.05) is 6.58 Å². The summed E-state index contributed by atoms with van der Waals surface area (Å²) in [4.78, 5) is 18.1. The first-order valence-corrected chi connectivity index (χ1v) is 7.51. The average Bonchev–Trinajstić information content (AvgIpc) is 2.13. The number of halogens is 4. The number of carboxylic acids is 1. The zero-order valence-corrected chi connectivity index (χ0v) is 11.4. The minimum Gasteiger partial charge on any atom is -0.481 e. The smallest absolute Gasteiger partial charge is 0.303 e. The van der Waals surface area contributed by atoms with Gasteiger partial charge in [-0.05, 0) is 26.3 Å². The molecule has 1 amide bonds. The van der Waals surface area contributed by atoms with E-state index in [0.29, 0.717) is 19.9 Å². The Morgan fingerprint density at radius 3 is 2.16 bits per heavy atom. The van der Waals surface area contributed by atoms with Gasteiger partial charge in [-0.25, -0.2) is 0 Å². The van der Waals surface area contributed by atoms with Crippen molar-refractivity contribution in [3.8, 4) is 0 Å². The summed E-state index contributed by atoms with van der Waals surface area (Å²) >= 11 is 0. The lowest BCUT2D eigenvalue weighted by atomic mass is 10.3. The molecule has 0 atom stereocenters. The molecular formula is C10H17F4NO3S. The summed E-state index contributed by atoms with van der Waals surface area (Å²) < 4.78 is 55.5. The molecular weight excluding hydrogens is 290 g/mol. The average molecular weight is 307 g/mol. The molecule has 2 N–H and O–H groups in total. The maximum absolute atomic E-state index is 13.9. The van der Waals surface area contributed by atoms with E-state index in [0.717, 1.165) is 0 Å². The summed E-state index contributed by atoms with van der Waals surface area (Å²) in [6, 6.07) is 0. The van der Waals surface area contributed by atoms with Gasteiger partial charge < -0.3 is 10.4 Å². The fraction of sp³-hybridized carbons (Fsp3) is 0.600. The predicted molar refractivity (Wildman–Crippen MR) is 66.2 cm³/mol. The van der Waals surface area contributed by atoms with Crippen LogP contribution < -0.4 is 5.32 Å². The Hall–Kier alpha value is -1.25. The Kier molecular flexibility index (Phi) is 4.11. The molecule has 0 bridgehead atoms. The molecule has 114 valence electrons. The summed E-state index contributed by atoms with van der Waals surface area (Å²) in [5.41, 5.74) is 0. The molecule has 0 radical (unpaired) electrons. The van der Waals surface area contributed by atoms with E-state index in [1.165, 1.54) is 5.32 Å². The van der Waals surface area contributed by atoms with Gasteiger partial charge in [0.15, 0.2) is 9.84 Å². The van der Waals surface area contributed by atoms with Crippen molar-refractivity contribution in [1.82, 2.24) is 5.32 Å². The molecule has 0 rings (SSSR count). The number of carboxylic acid groups (broad SMARTS) is 1. The van der Waals surface area contributed by atoms with Gasteiger partial charge in [-0.3, -0.25) is 9.59 Å². The van der Waals surface area contributed by atoms with Crippen LogP contribution in [0.1, 0.15) is 26.7 Å². The van der Waals surface area contributed by atoms with Crippen LogP contribution in [0, 0.1) is 0 Å². The van der Waals surface area contributed by atoms with Crippen molar-refractivity contribution in [2.75, 3.05) is 5.75 Å². The van der Waals surface area contributed by atoms with Gasteiger partial charge in [-0.15, -0.1) is 15.5 Å². The van der Waals surface area contributed by atoms with Crippen molar-refractivity contribution in [3.05, 3.63) is 12.7 Å². The molecule has 0 heterocycles. The van der Waals surface area contributed by atoms with E-state index in [1.807, 2.05) is 0 Å². The summed E-state index contributed by atoms with van der Waals surface area (Å²) in [5, 5.41) is 9.82. The van der Waals surface area contributed by atoms with Crippen LogP contribution in [0.4, 0.5) is 15.5 Å². The number of carbonyl (C=O) groups excluding carboxylic acids is 1. The molecule has 9 heteroatoms. The van der Waals surface area contributed by atoms with E-state index in [1.54, 1.807) is 0 Å². The Morgan fingerprint density at radius 2 is 1.79 bits per heavy atom. The fourth-order valence-electron chi connectivity index (χ4n) is 1.23. The largest absolute Gasteiger partial charge is 0.481 e. The van der Waals surface area contributed by atoms with Gasteiger partial charge in [-0.2, -0.15) is 0 Å². The highest BCUT2D eigenvalue weighted by Gasteiger charge is 2.73. The first-order valence-electron chi connectivity index (χ1n) is 5.29. The Bertz CT molecular complexity index is 415. The molecule has 0 aliphatic rings. The summed E-state index contributed by atoms with van der Waals surface area (Å²) in [5.74, 6) is -4.48. The quantitative estimate of drug-likeness (QED) is 0.560. The molecule has 0 aliphatic carbocycles. The molecule has 0 unspecified atom stereocenters. The van der Waals surface area contributed by atoms with Crippen LogP contribution in [-0.4, -0.2) is 27.6 Å². The van der Waals surface area contributed by atoms with Crippen LogP contribution in [0.25, 0.3) is 0 Å². The number of rotatable bonds is 7. The first kappa shape index (κ1) is 17.8. The molecule has 0 saturated carbocycles. The zero-order valence-electron chi connectivity index (χ0n) is 10.6. The van der Waals surface area contributed by atoms with E-state index in [9.17, 15) is 25.1 Å². The maximum atomic E-state index is 13.9. The lowest BCUT2D eigenvalue weighted by molar-refractivity contribution is -0.137. The Balaban J connectivity index is 5.27. The van der Waals surface area contributed by atoms with Gasteiger partial charge in [0, 0.05) is 6.42 Å². The second kappa shape index (κ2) is 4.39. The Labute approximate surface area is 108 Å². The third-order valence-electron chi connectivity index (χ3n) is 2.69. The number of nitrogens with one attached hydrogen (secondary N) is 1. The number of aliphatic carboxylic acids is 1. The van der Waals surface area contributed by atoms with E-state index >= 15 is 0 Å². The lowest BCUT2D eigenvalue weighted by Gasteiger charge is -2.60. The Morgan fingerprint density at radius 1 is 1.32 bits per heavy atom. The number of hydrogen-bond donors (Lipinski definition) is 2. The predicted octanol–water partition coefficient (Wildman–Crippen LogP) is 3.30.